The average Bonchev–Trinajstić information content (AvgIpc) is 3.00. The van der Waals surface area contributed by atoms with Crippen LogP contribution in [0.4, 0.5) is 0 Å². The highest BCUT2D eigenvalue weighted by molar-refractivity contribution is 6.61. The van der Waals surface area contributed by atoms with Gasteiger partial charge in [-0.15, -0.1) is 0 Å². The first kappa shape index (κ1) is 10.9. The monoisotopic (exact) mass is 256 g/mol. The van der Waals surface area contributed by atoms with Crippen LogP contribution in [0.25, 0.3) is 10.8 Å². The van der Waals surface area contributed by atoms with Gasteiger partial charge < -0.3 is 0 Å². The van der Waals surface area contributed by atoms with Gasteiger partial charge in [-0.3, -0.25) is 0 Å². The molecule has 0 fully saturated rings. The van der Waals surface area contributed by atoms with Crippen LogP contribution in [0.2, 0.25) is 0 Å². The Morgan fingerprint density at radius 1 is 0.750 bits per heavy atom. The normalized spacial score (nSPS) is 18.7. The summed E-state index contributed by atoms with van der Waals surface area (Å²) in [5, 5.41) is 20.1. The number of aliphatic imine (C=N–C) groups is 2. The molecule has 92 valence electrons. The third kappa shape index (κ3) is 1.18. The third-order valence-corrected chi connectivity index (χ3v) is 4.06. The van der Waals surface area contributed by atoms with E-state index in [9.17, 15) is 0 Å². The fraction of sp³-hybridized carbons (Fsp3) is 0.125. The first-order chi connectivity index (χ1) is 9.85. The Balaban J connectivity index is 2.21. The minimum absolute atomic E-state index is 0.514. The van der Waals surface area contributed by atoms with E-state index in [0.717, 1.165) is 29.4 Å². The van der Waals surface area contributed by atoms with Crippen molar-refractivity contribution in [2.75, 3.05) is 0 Å². The highest BCUT2D eigenvalue weighted by Gasteiger charge is 2.30. The molecule has 0 saturated heterocycles. The van der Waals surface area contributed by atoms with Crippen molar-refractivity contribution in [3.8, 4) is 12.4 Å². The summed E-state index contributed by atoms with van der Waals surface area (Å²) in [5.41, 5.74) is 5.51. The quantitative estimate of drug-likeness (QED) is 0.679. The number of aryl methyl sites for hydroxylation is 2. The van der Waals surface area contributed by atoms with Gasteiger partial charge in [-0.25, -0.2) is 0 Å². The van der Waals surface area contributed by atoms with E-state index in [1.54, 1.807) is 0 Å². The van der Waals surface area contributed by atoms with E-state index < -0.39 is 0 Å². The molecule has 2 aliphatic carbocycles. The van der Waals surface area contributed by atoms with Gasteiger partial charge in [-0.05, 0) is 29.4 Å². The number of rotatable bonds is 0. The first-order valence-electron chi connectivity index (χ1n) is 6.37. The Labute approximate surface area is 115 Å². The zero-order chi connectivity index (χ0) is 13.7. The van der Waals surface area contributed by atoms with Crippen LogP contribution >= 0.6 is 0 Å². The highest BCUT2D eigenvalue weighted by Crippen LogP contribution is 2.39. The topological polar surface area (TPSA) is 72.3 Å². The predicted molar refractivity (Wildman–Crippen MR) is 75.7 cm³/mol. The van der Waals surface area contributed by atoms with E-state index in [-0.39, 0.29) is 0 Å². The minimum atomic E-state index is 0.514. The minimum Gasteiger partial charge on any atom is -0.171 e. The molecule has 0 aliphatic heterocycles. The summed E-state index contributed by atoms with van der Waals surface area (Å²) in [7, 11) is 0. The van der Waals surface area contributed by atoms with Crippen molar-refractivity contribution in [1.82, 2.24) is 0 Å². The molecule has 20 heavy (non-hydrogen) atoms. The van der Waals surface area contributed by atoms with Gasteiger partial charge in [-0.2, -0.15) is 20.5 Å². The van der Waals surface area contributed by atoms with Crippen LogP contribution in [-0.4, -0.2) is 11.4 Å². The average molecular weight is 256 g/mol. The Bertz CT molecular complexity index is 847. The lowest BCUT2D eigenvalue weighted by Gasteiger charge is -2.03. The number of benzene rings is 2. The van der Waals surface area contributed by atoms with Gasteiger partial charge in [0.2, 0.25) is 12.4 Å². The van der Waals surface area contributed by atoms with Crippen LogP contribution in [0.5, 0.6) is 0 Å². The smallest absolute Gasteiger partial charge is 0.171 e. The Kier molecular flexibility index (Phi) is 2.05. The van der Waals surface area contributed by atoms with Crippen LogP contribution in [0.15, 0.2) is 34.3 Å². The molecular weight excluding hydrogens is 248 g/mol. The van der Waals surface area contributed by atoms with Crippen molar-refractivity contribution in [2.24, 2.45) is 9.98 Å². The maximum atomic E-state index is 8.89. The number of nitrogens with zero attached hydrogens (tertiary/aromatic N) is 4. The fourth-order valence-corrected chi connectivity index (χ4v) is 3.31. The van der Waals surface area contributed by atoms with Crippen molar-refractivity contribution < 1.29 is 0 Å². The molecule has 0 heterocycles. The maximum absolute atomic E-state index is 8.89. The molecule has 0 atom stereocenters. The second-order valence-electron chi connectivity index (χ2n) is 4.92. The van der Waals surface area contributed by atoms with Crippen LogP contribution in [0, 0.1) is 22.9 Å². The van der Waals surface area contributed by atoms with Crippen LogP contribution < -0.4 is 0 Å². The Morgan fingerprint density at radius 2 is 1.25 bits per heavy atom. The van der Waals surface area contributed by atoms with Crippen LogP contribution in [0.1, 0.15) is 22.3 Å². The third-order valence-electron chi connectivity index (χ3n) is 4.06. The summed E-state index contributed by atoms with van der Waals surface area (Å²) >= 11 is 0. The number of hydrogen-bond acceptors (Lipinski definition) is 4. The van der Waals surface area contributed by atoms with Crippen molar-refractivity contribution in [3.05, 3.63) is 46.5 Å². The molecular formula is C16H8N4. The molecule has 0 saturated carbocycles. The molecule has 0 unspecified atom stereocenters. The molecule has 0 bridgehead atoms. The molecule has 4 heteroatoms. The molecule has 0 N–H and O–H groups in total. The van der Waals surface area contributed by atoms with Gasteiger partial charge in [0, 0.05) is 16.5 Å². The van der Waals surface area contributed by atoms with E-state index in [2.05, 4.69) is 22.1 Å². The van der Waals surface area contributed by atoms with E-state index in [4.69, 9.17) is 10.5 Å². The summed E-state index contributed by atoms with van der Waals surface area (Å²) in [4.78, 5) is 7.77. The molecule has 4 nitrogen and oxygen atoms in total. The molecule has 2 aromatic rings. The summed E-state index contributed by atoms with van der Waals surface area (Å²) in [5.74, 6) is 0. The highest BCUT2D eigenvalue weighted by atomic mass is 14.8. The van der Waals surface area contributed by atoms with Crippen LogP contribution in [0.3, 0.4) is 0 Å². The fourth-order valence-electron chi connectivity index (χ4n) is 3.31. The zero-order valence-electron chi connectivity index (χ0n) is 10.5. The van der Waals surface area contributed by atoms with Gasteiger partial charge in [0.15, 0.2) is 0 Å². The largest absolute Gasteiger partial charge is 0.206 e. The lowest BCUT2D eigenvalue weighted by atomic mass is 10.00. The second-order valence-corrected chi connectivity index (χ2v) is 4.92. The van der Waals surface area contributed by atoms with Gasteiger partial charge in [0.25, 0.3) is 0 Å². The van der Waals surface area contributed by atoms with Gasteiger partial charge in [0.1, 0.15) is 11.4 Å². The lowest BCUT2D eigenvalue weighted by Crippen LogP contribution is -2.09. The van der Waals surface area contributed by atoms with Crippen molar-refractivity contribution in [3.63, 3.8) is 0 Å². The van der Waals surface area contributed by atoms with Crippen LogP contribution in [-0.2, 0) is 12.8 Å². The first-order valence-corrected chi connectivity index (χ1v) is 6.37. The molecule has 2 aromatic carbocycles. The molecule has 0 aromatic heterocycles. The SMILES string of the molecule is N#CN=C1C(=NC#N)c2ccc3c4c(ccc1c24)CC3. The van der Waals surface area contributed by atoms with Crippen molar-refractivity contribution in [2.45, 2.75) is 12.8 Å². The van der Waals surface area contributed by atoms with Crippen molar-refractivity contribution >= 4 is 22.2 Å². The number of hydrogen-bond donors (Lipinski definition) is 0. The molecule has 2 aliphatic rings. The lowest BCUT2D eigenvalue weighted by molar-refractivity contribution is 1.02. The van der Waals surface area contributed by atoms with E-state index >= 15 is 0 Å². The number of nitriles is 2. The molecule has 0 amide bonds. The van der Waals surface area contributed by atoms with Crippen molar-refractivity contribution in [1.29, 1.82) is 10.5 Å². The summed E-state index contributed by atoms with van der Waals surface area (Å²) < 4.78 is 0. The summed E-state index contributed by atoms with van der Waals surface area (Å²) in [6, 6.07) is 8.18. The maximum Gasteiger partial charge on any atom is 0.206 e. The Morgan fingerprint density at radius 3 is 1.70 bits per heavy atom. The summed E-state index contributed by atoms with van der Waals surface area (Å²) in [6.45, 7) is 0. The summed E-state index contributed by atoms with van der Waals surface area (Å²) in [6.07, 6.45) is 5.73. The zero-order valence-corrected chi connectivity index (χ0v) is 10.5. The Hall–Kier alpha value is -2.98. The van der Waals surface area contributed by atoms with E-state index in [0.29, 0.717) is 11.4 Å². The molecule has 0 radical (unpaired) electrons. The molecule has 0 spiro atoms. The molecule has 4 rings (SSSR count). The van der Waals surface area contributed by atoms with E-state index in [1.165, 1.54) is 16.5 Å². The standard InChI is InChI=1S/C16H8N4/c17-7-19-15-11-5-3-9-1-2-10-4-6-12(14(11)13(9)10)16(15)20-8-18/h3-6H,1-2H2. The second kappa shape index (κ2) is 3.76. The van der Waals surface area contributed by atoms with Gasteiger partial charge in [-0.1, -0.05) is 24.3 Å². The van der Waals surface area contributed by atoms with E-state index in [1.807, 2.05) is 24.5 Å². The predicted octanol–water partition coefficient (Wildman–Crippen LogP) is 2.49. The van der Waals surface area contributed by atoms with Gasteiger partial charge in [0.05, 0.1) is 0 Å². The van der Waals surface area contributed by atoms with Gasteiger partial charge >= 0.3 is 0 Å².